The van der Waals surface area contributed by atoms with Gasteiger partial charge in [-0.3, -0.25) is 4.79 Å². The van der Waals surface area contributed by atoms with Gasteiger partial charge < -0.3 is 10.1 Å². The van der Waals surface area contributed by atoms with E-state index >= 15 is 0 Å². The Balaban J connectivity index is 1.62. The molecule has 0 spiro atoms. The summed E-state index contributed by atoms with van der Waals surface area (Å²) in [5.41, 5.74) is 1.11. The fourth-order valence-corrected chi connectivity index (χ4v) is 4.93. The van der Waals surface area contributed by atoms with Crippen molar-refractivity contribution in [2.24, 2.45) is 0 Å². The van der Waals surface area contributed by atoms with Crippen LogP contribution >= 0.6 is 11.8 Å². The fourth-order valence-electron chi connectivity index (χ4n) is 4.11. The number of para-hydroxylation sites is 1. The van der Waals surface area contributed by atoms with Gasteiger partial charge in [0.25, 0.3) is 5.78 Å². The smallest absolute Gasteiger partial charge is 0.452 e. The molecule has 0 fully saturated rings. The summed E-state index contributed by atoms with van der Waals surface area (Å²) >= 11 is 1.89. The predicted octanol–water partition coefficient (Wildman–Crippen LogP) is 8.87. The summed E-state index contributed by atoms with van der Waals surface area (Å²) in [4.78, 5) is 12.0. The van der Waals surface area contributed by atoms with Gasteiger partial charge in [0.1, 0.15) is 5.75 Å². The van der Waals surface area contributed by atoms with E-state index in [2.05, 4.69) is 12.2 Å². The van der Waals surface area contributed by atoms with E-state index < -0.39 is 18.0 Å². The van der Waals surface area contributed by atoms with Crippen molar-refractivity contribution in [3.63, 3.8) is 0 Å². The topological polar surface area (TPSA) is 38.3 Å². The molecule has 3 nitrogen and oxygen atoms in total. The molecule has 0 amide bonds. The van der Waals surface area contributed by atoms with Crippen LogP contribution in [0.5, 0.6) is 5.75 Å². The van der Waals surface area contributed by atoms with Crippen molar-refractivity contribution in [3.05, 3.63) is 60.2 Å². The molecule has 7 heteroatoms. The monoisotopic (exact) mass is 537 g/mol. The van der Waals surface area contributed by atoms with Crippen molar-refractivity contribution >= 4 is 23.2 Å². The van der Waals surface area contributed by atoms with E-state index in [4.69, 9.17) is 4.74 Å². The lowest BCUT2D eigenvalue weighted by Gasteiger charge is -2.20. The molecular formula is C30H42F3NO2S. The Morgan fingerprint density at radius 2 is 1.43 bits per heavy atom. The van der Waals surface area contributed by atoms with Gasteiger partial charge in [-0.25, -0.2) is 0 Å². The summed E-state index contributed by atoms with van der Waals surface area (Å²) in [5.74, 6) is 0.943. The third-order valence-electron chi connectivity index (χ3n) is 6.21. The lowest BCUT2D eigenvalue weighted by Crippen LogP contribution is -2.41. The number of benzene rings is 2. The lowest BCUT2D eigenvalue weighted by molar-refractivity contribution is -0.171. The largest absolute Gasteiger partial charge is 0.493 e. The molecule has 1 atom stereocenters. The zero-order valence-corrected chi connectivity index (χ0v) is 22.8. The first kappa shape index (κ1) is 31.1. The number of hydrogen-bond acceptors (Lipinski definition) is 4. The number of hydrogen-bond donors (Lipinski definition) is 1. The van der Waals surface area contributed by atoms with Crippen LogP contribution in [0.15, 0.2) is 54.6 Å². The van der Waals surface area contributed by atoms with E-state index in [1.807, 2.05) is 11.8 Å². The van der Waals surface area contributed by atoms with E-state index in [-0.39, 0.29) is 6.42 Å². The van der Waals surface area contributed by atoms with Crippen molar-refractivity contribution in [3.8, 4) is 5.75 Å². The minimum atomic E-state index is -4.90. The number of ether oxygens (including phenoxy) is 1. The SMILES string of the molecule is CCCCCCCCCCCCSCCOc1ccc(CC(Nc2ccccc2)C(=O)C(F)(F)F)cc1. The van der Waals surface area contributed by atoms with Crippen molar-refractivity contribution in [2.45, 2.75) is 89.8 Å². The molecule has 0 saturated heterocycles. The Morgan fingerprint density at radius 3 is 2.03 bits per heavy atom. The maximum atomic E-state index is 13.1. The first-order valence-corrected chi connectivity index (χ1v) is 14.8. The lowest BCUT2D eigenvalue weighted by atomic mass is 10.0. The Morgan fingerprint density at radius 1 is 0.838 bits per heavy atom. The number of Topliss-reactive ketones (excluding diaryl/α,β-unsaturated/α-hetero) is 1. The summed E-state index contributed by atoms with van der Waals surface area (Å²) < 4.78 is 45.2. The molecule has 0 aliphatic carbocycles. The summed E-state index contributed by atoms with van der Waals surface area (Å²) in [6, 6.07) is 14.0. The molecule has 0 aromatic heterocycles. The van der Waals surface area contributed by atoms with E-state index in [1.54, 1.807) is 54.6 Å². The summed E-state index contributed by atoms with van der Waals surface area (Å²) in [6.07, 6.45) is 8.43. The second-order valence-electron chi connectivity index (χ2n) is 9.42. The summed E-state index contributed by atoms with van der Waals surface area (Å²) in [5, 5.41) is 2.73. The minimum Gasteiger partial charge on any atom is -0.493 e. The highest BCUT2D eigenvalue weighted by molar-refractivity contribution is 7.99. The van der Waals surface area contributed by atoms with Crippen molar-refractivity contribution < 1.29 is 22.7 Å². The van der Waals surface area contributed by atoms with Gasteiger partial charge in [-0.05, 0) is 42.0 Å². The first-order valence-electron chi connectivity index (χ1n) is 13.6. The van der Waals surface area contributed by atoms with Gasteiger partial charge in [0.05, 0.1) is 12.6 Å². The molecule has 0 saturated carbocycles. The van der Waals surface area contributed by atoms with Gasteiger partial charge in [-0.1, -0.05) is 95.0 Å². The second kappa shape index (κ2) is 18.2. The van der Waals surface area contributed by atoms with Crippen LogP contribution < -0.4 is 10.1 Å². The number of anilines is 1. The number of carbonyl (C=O) groups is 1. The maximum Gasteiger partial charge on any atom is 0.452 e. The number of ketones is 1. The molecule has 0 aliphatic rings. The Bertz CT molecular complexity index is 859. The molecule has 2 rings (SSSR count). The van der Waals surface area contributed by atoms with E-state index in [0.29, 0.717) is 23.6 Å². The number of halogens is 3. The zero-order valence-electron chi connectivity index (χ0n) is 22.0. The maximum absolute atomic E-state index is 13.1. The number of rotatable bonds is 20. The average molecular weight is 538 g/mol. The van der Waals surface area contributed by atoms with Crippen LogP contribution in [-0.4, -0.2) is 36.1 Å². The molecule has 1 unspecified atom stereocenters. The fraction of sp³-hybridized carbons (Fsp3) is 0.567. The third-order valence-corrected chi connectivity index (χ3v) is 7.25. The van der Waals surface area contributed by atoms with Crippen LogP contribution in [0, 0.1) is 0 Å². The third kappa shape index (κ3) is 13.8. The molecule has 0 heterocycles. The van der Waals surface area contributed by atoms with E-state index in [1.165, 1.54) is 64.2 Å². The van der Waals surface area contributed by atoms with Gasteiger partial charge in [0, 0.05) is 17.9 Å². The molecule has 0 radical (unpaired) electrons. The quantitative estimate of drug-likeness (QED) is 0.171. The molecule has 0 aliphatic heterocycles. The van der Waals surface area contributed by atoms with Crippen LogP contribution in [0.25, 0.3) is 0 Å². The van der Waals surface area contributed by atoms with E-state index in [0.717, 1.165) is 11.5 Å². The minimum absolute atomic E-state index is 0.0672. The van der Waals surface area contributed by atoms with Gasteiger partial charge in [0.15, 0.2) is 0 Å². The number of carbonyl (C=O) groups excluding carboxylic acids is 1. The Hall–Kier alpha value is -2.15. The normalized spacial score (nSPS) is 12.3. The van der Waals surface area contributed by atoms with E-state index in [9.17, 15) is 18.0 Å². The molecule has 2 aromatic carbocycles. The number of thioether (sulfide) groups is 1. The number of nitrogens with one attached hydrogen (secondary N) is 1. The van der Waals surface area contributed by atoms with Crippen LogP contribution in [0.1, 0.15) is 76.7 Å². The highest BCUT2D eigenvalue weighted by Gasteiger charge is 2.43. The van der Waals surface area contributed by atoms with Crippen molar-refractivity contribution in [1.29, 1.82) is 0 Å². The molecule has 37 heavy (non-hydrogen) atoms. The molecule has 0 bridgehead atoms. The average Bonchev–Trinajstić information content (AvgIpc) is 2.89. The highest BCUT2D eigenvalue weighted by Crippen LogP contribution is 2.23. The molecule has 2 aromatic rings. The first-order chi connectivity index (χ1) is 17.9. The van der Waals surface area contributed by atoms with Crippen LogP contribution in [0.2, 0.25) is 0 Å². The second-order valence-corrected chi connectivity index (χ2v) is 10.6. The Kier molecular flexibility index (Phi) is 15.2. The van der Waals surface area contributed by atoms with Crippen molar-refractivity contribution in [2.75, 3.05) is 23.4 Å². The van der Waals surface area contributed by atoms with Gasteiger partial charge in [0.2, 0.25) is 0 Å². The predicted molar refractivity (Wildman–Crippen MR) is 150 cm³/mol. The summed E-state index contributed by atoms with van der Waals surface area (Å²) in [7, 11) is 0. The number of unbranched alkanes of at least 4 members (excludes halogenated alkanes) is 9. The van der Waals surface area contributed by atoms with Crippen LogP contribution in [0.3, 0.4) is 0 Å². The molecular weight excluding hydrogens is 495 g/mol. The molecule has 1 N–H and O–H groups in total. The standard InChI is InChI=1S/C30H42F3NO2S/c1-2-3-4-5-6-7-8-9-10-14-22-37-23-21-36-27-19-17-25(18-20-27)24-28(29(35)30(31,32)33)34-26-15-12-11-13-16-26/h11-13,15-20,28,34H,2-10,14,21-24H2,1H3. The van der Waals surface area contributed by atoms with Gasteiger partial charge in [-0.15, -0.1) is 0 Å². The van der Waals surface area contributed by atoms with Gasteiger partial charge in [-0.2, -0.15) is 24.9 Å². The molecule has 206 valence electrons. The zero-order chi connectivity index (χ0) is 26.8. The number of alkyl halides is 3. The highest BCUT2D eigenvalue weighted by atomic mass is 32.2. The van der Waals surface area contributed by atoms with Crippen molar-refractivity contribution in [1.82, 2.24) is 0 Å². The van der Waals surface area contributed by atoms with Gasteiger partial charge >= 0.3 is 6.18 Å². The summed E-state index contributed by atoms with van der Waals surface area (Å²) in [6.45, 7) is 2.84. The van der Waals surface area contributed by atoms with Crippen LogP contribution in [0.4, 0.5) is 18.9 Å². The van der Waals surface area contributed by atoms with Crippen LogP contribution in [-0.2, 0) is 11.2 Å². The Labute approximate surface area is 225 Å².